The molecule has 3 unspecified atom stereocenters. The standard InChI is InChI=1S/C23H38F3N3O4/c1-14-4-2-6-19(20(14)15-12-31-13-15)32-21-18(5-3-11-27-21)29-22(30)28-16-7-9-17(10-8-16)33-23(24,25)26/h14-21,27H,2-13H2,1H3,(H2,28,29,30)/t14-,16?,17?,18?,19?,20?,21-/m0/s1. The fraction of sp³-hybridized carbons (Fsp3) is 0.957. The van der Waals surface area contributed by atoms with E-state index >= 15 is 0 Å². The number of carbonyl (C=O) groups excluding carboxylic acids is 1. The summed E-state index contributed by atoms with van der Waals surface area (Å²) in [5.41, 5.74) is 0. The van der Waals surface area contributed by atoms with E-state index in [1.807, 2.05) is 0 Å². The summed E-state index contributed by atoms with van der Waals surface area (Å²) < 4.78 is 53.4. The molecule has 0 aromatic carbocycles. The number of hydrogen-bond acceptors (Lipinski definition) is 5. The zero-order valence-electron chi connectivity index (χ0n) is 19.4. The quantitative estimate of drug-likeness (QED) is 0.544. The van der Waals surface area contributed by atoms with Crippen LogP contribution in [0, 0.1) is 17.8 Å². The lowest BCUT2D eigenvalue weighted by molar-refractivity contribution is -0.345. The van der Waals surface area contributed by atoms with Crippen molar-refractivity contribution in [2.75, 3.05) is 19.8 Å². The van der Waals surface area contributed by atoms with Crippen LogP contribution in [0.3, 0.4) is 0 Å². The number of halogens is 3. The van der Waals surface area contributed by atoms with Crippen LogP contribution >= 0.6 is 0 Å². The van der Waals surface area contributed by atoms with Gasteiger partial charge in [0.05, 0.1) is 31.5 Å². The zero-order valence-corrected chi connectivity index (χ0v) is 19.4. The average Bonchev–Trinajstić information content (AvgIpc) is 2.71. The molecule has 7 nitrogen and oxygen atoms in total. The highest BCUT2D eigenvalue weighted by Gasteiger charge is 2.42. The largest absolute Gasteiger partial charge is 0.522 e. The third-order valence-corrected chi connectivity index (χ3v) is 7.79. The molecule has 190 valence electrons. The van der Waals surface area contributed by atoms with Gasteiger partial charge in [-0.1, -0.05) is 19.8 Å². The highest BCUT2D eigenvalue weighted by Crippen LogP contribution is 2.40. The second-order valence-electron chi connectivity index (χ2n) is 10.2. The van der Waals surface area contributed by atoms with E-state index in [1.165, 1.54) is 6.42 Å². The SMILES string of the molecule is C[C@H]1CCCC(O[C@@H]2NCCCC2NC(=O)NC2CCC(OC(F)(F)F)CC2)C1C1COC1. The summed E-state index contributed by atoms with van der Waals surface area (Å²) >= 11 is 0. The number of piperidine rings is 1. The van der Waals surface area contributed by atoms with Crippen LogP contribution in [-0.4, -0.2) is 62.7 Å². The van der Waals surface area contributed by atoms with Gasteiger partial charge in [-0.15, -0.1) is 13.2 Å². The Bertz CT molecular complexity index is 639. The molecule has 0 bridgehead atoms. The fourth-order valence-electron chi connectivity index (χ4n) is 6.04. The third-order valence-electron chi connectivity index (χ3n) is 7.79. The van der Waals surface area contributed by atoms with Crippen molar-refractivity contribution in [3.63, 3.8) is 0 Å². The molecule has 0 radical (unpaired) electrons. The number of hydrogen-bond donors (Lipinski definition) is 3. The molecule has 3 N–H and O–H groups in total. The molecule has 0 aromatic rings. The predicted octanol–water partition coefficient (Wildman–Crippen LogP) is 3.68. The van der Waals surface area contributed by atoms with Crippen LogP contribution in [0.2, 0.25) is 0 Å². The van der Waals surface area contributed by atoms with Crippen molar-refractivity contribution in [2.24, 2.45) is 17.8 Å². The molecule has 2 aliphatic heterocycles. The first-order valence-electron chi connectivity index (χ1n) is 12.6. The Hall–Kier alpha value is -1.10. The zero-order chi connectivity index (χ0) is 23.4. The number of ether oxygens (including phenoxy) is 3. The Labute approximate surface area is 193 Å². The van der Waals surface area contributed by atoms with Crippen molar-refractivity contribution >= 4 is 6.03 Å². The number of urea groups is 1. The lowest BCUT2D eigenvalue weighted by atomic mass is 9.70. The van der Waals surface area contributed by atoms with E-state index in [4.69, 9.17) is 9.47 Å². The molecule has 0 aromatic heterocycles. The van der Waals surface area contributed by atoms with Crippen LogP contribution in [0.4, 0.5) is 18.0 Å². The van der Waals surface area contributed by atoms with E-state index in [2.05, 4.69) is 27.6 Å². The van der Waals surface area contributed by atoms with E-state index in [0.29, 0.717) is 30.6 Å². The van der Waals surface area contributed by atoms with Crippen LogP contribution in [0.1, 0.15) is 64.7 Å². The molecule has 2 saturated heterocycles. The molecular formula is C23H38F3N3O4. The van der Waals surface area contributed by atoms with Crippen LogP contribution < -0.4 is 16.0 Å². The number of carbonyl (C=O) groups is 1. The summed E-state index contributed by atoms with van der Waals surface area (Å²) in [6, 6.07) is -0.561. The van der Waals surface area contributed by atoms with Crippen molar-refractivity contribution in [1.82, 2.24) is 16.0 Å². The summed E-state index contributed by atoms with van der Waals surface area (Å²) in [6.07, 6.45) is 1.21. The topological polar surface area (TPSA) is 80.9 Å². The van der Waals surface area contributed by atoms with Gasteiger partial charge in [0.25, 0.3) is 0 Å². The first-order chi connectivity index (χ1) is 15.8. The Morgan fingerprint density at radius 1 is 1.00 bits per heavy atom. The Balaban J connectivity index is 1.26. The summed E-state index contributed by atoms with van der Waals surface area (Å²) in [5.74, 6) is 1.65. The minimum atomic E-state index is -4.61. The summed E-state index contributed by atoms with van der Waals surface area (Å²) in [7, 11) is 0. The van der Waals surface area contributed by atoms with Crippen molar-refractivity contribution in [3.05, 3.63) is 0 Å². The average molecular weight is 478 g/mol. The molecule has 4 aliphatic rings. The first kappa shape index (κ1) is 25.0. The lowest BCUT2D eigenvalue weighted by Crippen LogP contribution is -2.59. The smallest absolute Gasteiger partial charge is 0.381 e. The van der Waals surface area contributed by atoms with Gasteiger partial charge in [0.2, 0.25) is 0 Å². The molecule has 10 heteroatoms. The molecule has 5 atom stereocenters. The van der Waals surface area contributed by atoms with Gasteiger partial charge in [0, 0.05) is 12.0 Å². The molecule has 4 fully saturated rings. The lowest BCUT2D eigenvalue weighted by Gasteiger charge is -2.46. The molecule has 2 aliphatic carbocycles. The predicted molar refractivity (Wildman–Crippen MR) is 115 cm³/mol. The summed E-state index contributed by atoms with van der Waals surface area (Å²) in [4.78, 5) is 12.7. The van der Waals surface area contributed by atoms with E-state index < -0.39 is 12.5 Å². The van der Waals surface area contributed by atoms with Gasteiger partial charge in [-0.2, -0.15) is 0 Å². The second kappa shape index (κ2) is 11.1. The number of nitrogens with one attached hydrogen (secondary N) is 3. The maximum absolute atomic E-state index is 12.7. The monoisotopic (exact) mass is 477 g/mol. The highest BCUT2D eigenvalue weighted by molar-refractivity contribution is 5.74. The molecule has 33 heavy (non-hydrogen) atoms. The van der Waals surface area contributed by atoms with E-state index in [0.717, 1.165) is 45.4 Å². The number of amides is 2. The maximum atomic E-state index is 12.7. The van der Waals surface area contributed by atoms with Crippen molar-refractivity contribution in [3.8, 4) is 0 Å². The van der Waals surface area contributed by atoms with Gasteiger partial charge >= 0.3 is 12.4 Å². The van der Waals surface area contributed by atoms with Crippen molar-refractivity contribution in [1.29, 1.82) is 0 Å². The van der Waals surface area contributed by atoms with Gasteiger partial charge in [0.15, 0.2) is 0 Å². The second-order valence-corrected chi connectivity index (χ2v) is 10.2. The molecule has 2 heterocycles. The molecule has 4 rings (SSSR count). The van der Waals surface area contributed by atoms with Crippen LogP contribution in [0.15, 0.2) is 0 Å². The highest BCUT2D eigenvalue weighted by atomic mass is 19.4. The number of alkyl halides is 3. The van der Waals surface area contributed by atoms with Crippen LogP contribution in [0.5, 0.6) is 0 Å². The molecular weight excluding hydrogens is 439 g/mol. The Kier molecular flexibility index (Phi) is 8.41. The maximum Gasteiger partial charge on any atom is 0.522 e. The fourth-order valence-corrected chi connectivity index (χ4v) is 6.04. The normalized spacial score (nSPS) is 38.4. The molecule has 2 saturated carbocycles. The summed E-state index contributed by atoms with van der Waals surface area (Å²) in [6.45, 7) is 4.79. The van der Waals surface area contributed by atoms with E-state index in [9.17, 15) is 18.0 Å². The van der Waals surface area contributed by atoms with Crippen LogP contribution in [0.25, 0.3) is 0 Å². The summed E-state index contributed by atoms with van der Waals surface area (Å²) in [5, 5.41) is 9.45. The van der Waals surface area contributed by atoms with Gasteiger partial charge in [0.1, 0.15) is 6.23 Å². The van der Waals surface area contributed by atoms with E-state index in [1.54, 1.807) is 0 Å². The third kappa shape index (κ3) is 6.96. The van der Waals surface area contributed by atoms with Crippen LogP contribution in [-0.2, 0) is 14.2 Å². The first-order valence-corrected chi connectivity index (χ1v) is 12.6. The Morgan fingerprint density at radius 3 is 2.42 bits per heavy atom. The molecule has 0 spiro atoms. The van der Waals surface area contributed by atoms with E-state index in [-0.39, 0.29) is 43.3 Å². The van der Waals surface area contributed by atoms with Crippen molar-refractivity contribution in [2.45, 2.75) is 102 Å². The molecule has 2 amide bonds. The minimum Gasteiger partial charge on any atom is -0.381 e. The van der Waals surface area contributed by atoms with Gasteiger partial charge < -0.3 is 20.1 Å². The van der Waals surface area contributed by atoms with Gasteiger partial charge in [-0.05, 0) is 63.3 Å². The van der Waals surface area contributed by atoms with Gasteiger partial charge in [-0.3, -0.25) is 10.1 Å². The minimum absolute atomic E-state index is 0.140. The Morgan fingerprint density at radius 2 is 1.76 bits per heavy atom. The number of rotatable bonds is 6. The van der Waals surface area contributed by atoms with Crippen molar-refractivity contribution < 1.29 is 32.2 Å². The van der Waals surface area contributed by atoms with Gasteiger partial charge in [-0.25, -0.2) is 4.79 Å².